The fourth-order valence-corrected chi connectivity index (χ4v) is 2.48. The van der Waals surface area contributed by atoms with Crippen LogP contribution in [-0.4, -0.2) is 42.9 Å². The minimum absolute atomic E-state index is 0.0223. The van der Waals surface area contributed by atoms with Crippen LogP contribution in [0, 0.1) is 6.92 Å². The van der Waals surface area contributed by atoms with E-state index in [0.29, 0.717) is 42.8 Å². The van der Waals surface area contributed by atoms with Crippen LogP contribution in [0.2, 0.25) is 0 Å². The van der Waals surface area contributed by atoms with E-state index in [2.05, 4.69) is 30.5 Å². The van der Waals surface area contributed by atoms with Gasteiger partial charge in [-0.1, -0.05) is 17.3 Å². The summed E-state index contributed by atoms with van der Waals surface area (Å²) in [6.07, 6.45) is 1.41. The molecule has 0 atom stereocenters. The highest BCUT2D eigenvalue weighted by Crippen LogP contribution is 2.32. The van der Waals surface area contributed by atoms with Gasteiger partial charge >= 0.3 is 6.61 Å². The second-order valence-electron chi connectivity index (χ2n) is 5.75. The Morgan fingerprint density at radius 1 is 1.32 bits per heavy atom. The molecule has 154 valence electrons. The summed E-state index contributed by atoms with van der Waals surface area (Å²) in [7, 11) is 1.63. The lowest BCUT2D eigenvalue weighted by molar-refractivity contribution is -0.0520. The van der Waals surface area contributed by atoms with Gasteiger partial charge in [-0.05, 0) is 26.3 Å². The monoisotopic (exact) mass is 397 g/mol. The summed E-state index contributed by atoms with van der Waals surface area (Å²) in [6.45, 7) is 1.82. The molecular formula is C18H25F2N5O3. The zero-order valence-corrected chi connectivity index (χ0v) is 16.2. The van der Waals surface area contributed by atoms with Crippen molar-refractivity contribution in [3.63, 3.8) is 0 Å². The molecule has 28 heavy (non-hydrogen) atoms. The number of benzene rings is 1. The van der Waals surface area contributed by atoms with E-state index >= 15 is 0 Å². The van der Waals surface area contributed by atoms with Crippen molar-refractivity contribution in [3.05, 3.63) is 35.5 Å². The lowest BCUT2D eigenvalue weighted by atomic mass is 10.2. The number of rotatable bonds is 10. The second kappa shape index (κ2) is 11.1. The quantitative estimate of drug-likeness (QED) is 0.362. The summed E-state index contributed by atoms with van der Waals surface area (Å²) in [5.74, 6) is 2.03. The van der Waals surface area contributed by atoms with E-state index in [1.165, 1.54) is 0 Å². The van der Waals surface area contributed by atoms with Gasteiger partial charge in [-0.25, -0.2) is 0 Å². The summed E-state index contributed by atoms with van der Waals surface area (Å²) < 4.78 is 40.7. The molecule has 0 aliphatic heterocycles. The van der Waals surface area contributed by atoms with Crippen molar-refractivity contribution in [1.82, 2.24) is 20.8 Å². The Balaban J connectivity index is 1.88. The number of para-hydroxylation sites is 1. The van der Waals surface area contributed by atoms with Gasteiger partial charge in [-0.15, -0.1) is 0 Å². The molecule has 0 amide bonds. The van der Waals surface area contributed by atoms with Crippen LogP contribution in [0.4, 0.5) is 8.78 Å². The second-order valence-corrected chi connectivity index (χ2v) is 5.75. The van der Waals surface area contributed by atoms with Gasteiger partial charge in [-0.2, -0.15) is 13.8 Å². The minimum atomic E-state index is -2.94. The molecule has 0 saturated carbocycles. The van der Waals surface area contributed by atoms with Gasteiger partial charge in [0.05, 0.1) is 6.61 Å². The average Bonchev–Trinajstić information content (AvgIpc) is 3.08. The van der Waals surface area contributed by atoms with Crippen molar-refractivity contribution in [2.45, 2.75) is 39.8 Å². The summed E-state index contributed by atoms with van der Waals surface area (Å²) in [5.41, 5.74) is 0.538. The summed E-state index contributed by atoms with van der Waals surface area (Å²) in [5, 5.41) is 9.96. The smallest absolute Gasteiger partial charge is 0.387 e. The van der Waals surface area contributed by atoms with Crippen LogP contribution in [0.25, 0.3) is 0 Å². The van der Waals surface area contributed by atoms with Gasteiger partial charge in [0, 0.05) is 32.1 Å². The topological polar surface area (TPSA) is 93.8 Å². The van der Waals surface area contributed by atoms with Crippen molar-refractivity contribution >= 4 is 5.96 Å². The largest absolute Gasteiger partial charge is 0.490 e. The Kier molecular flexibility index (Phi) is 8.44. The first kappa shape index (κ1) is 21.4. The maximum Gasteiger partial charge on any atom is 0.387 e. The minimum Gasteiger partial charge on any atom is -0.490 e. The number of hydrogen-bond acceptors (Lipinski definition) is 6. The molecule has 10 heteroatoms. The van der Waals surface area contributed by atoms with Gasteiger partial charge in [-0.3, -0.25) is 4.99 Å². The van der Waals surface area contributed by atoms with Gasteiger partial charge in [0.25, 0.3) is 0 Å². The number of aliphatic imine (C=N–C) groups is 1. The number of aromatic nitrogens is 2. The van der Waals surface area contributed by atoms with Crippen LogP contribution in [-0.2, 0) is 13.0 Å². The van der Waals surface area contributed by atoms with Crippen LogP contribution < -0.4 is 20.1 Å². The third kappa shape index (κ3) is 6.67. The maximum atomic E-state index is 12.8. The van der Waals surface area contributed by atoms with Crippen molar-refractivity contribution in [2.24, 2.45) is 4.99 Å². The molecule has 0 radical (unpaired) electrons. The van der Waals surface area contributed by atoms with Crippen LogP contribution in [0.1, 0.15) is 30.6 Å². The summed E-state index contributed by atoms with van der Waals surface area (Å²) in [4.78, 5) is 8.27. The Labute approximate surface area is 162 Å². The number of guanidine groups is 1. The number of hydrogen-bond donors (Lipinski definition) is 2. The first-order valence-electron chi connectivity index (χ1n) is 8.96. The predicted molar refractivity (Wildman–Crippen MR) is 99.8 cm³/mol. The number of nitrogens with zero attached hydrogens (tertiary/aromatic N) is 3. The summed E-state index contributed by atoms with van der Waals surface area (Å²) in [6, 6.07) is 5.01. The van der Waals surface area contributed by atoms with Gasteiger partial charge in [0.2, 0.25) is 5.89 Å². The highest BCUT2D eigenvalue weighted by Gasteiger charge is 2.16. The van der Waals surface area contributed by atoms with E-state index in [0.717, 1.165) is 6.42 Å². The van der Waals surface area contributed by atoms with E-state index < -0.39 is 6.61 Å². The Hall–Kier alpha value is -2.91. The molecule has 8 nitrogen and oxygen atoms in total. The van der Waals surface area contributed by atoms with Gasteiger partial charge < -0.3 is 24.6 Å². The zero-order valence-electron chi connectivity index (χ0n) is 16.2. The first-order chi connectivity index (χ1) is 13.5. The third-order valence-electron chi connectivity index (χ3n) is 3.67. The normalized spacial score (nSPS) is 11.6. The fourth-order valence-electron chi connectivity index (χ4n) is 2.48. The molecule has 2 rings (SSSR count). The average molecular weight is 397 g/mol. The molecule has 0 saturated heterocycles. The Morgan fingerprint density at radius 3 is 2.79 bits per heavy atom. The van der Waals surface area contributed by atoms with E-state index in [-0.39, 0.29) is 18.0 Å². The molecule has 1 aromatic carbocycles. The Bertz CT molecular complexity index is 767. The highest BCUT2D eigenvalue weighted by molar-refractivity contribution is 5.79. The molecule has 2 aromatic rings. The Morgan fingerprint density at radius 2 is 2.14 bits per heavy atom. The molecule has 0 fully saturated rings. The first-order valence-corrected chi connectivity index (χ1v) is 8.96. The highest BCUT2D eigenvalue weighted by atomic mass is 19.3. The van der Waals surface area contributed by atoms with Crippen molar-refractivity contribution in [1.29, 1.82) is 0 Å². The lowest BCUT2D eigenvalue weighted by Crippen LogP contribution is -2.37. The lowest BCUT2D eigenvalue weighted by Gasteiger charge is -2.17. The molecule has 2 N–H and O–H groups in total. The fraction of sp³-hybridized carbons (Fsp3) is 0.500. The van der Waals surface area contributed by atoms with Gasteiger partial charge in [0.1, 0.15) is 0 Å². The molecule has 0 unspecified atom stereocenters. The molecule has 0 spiro atoms. The van der Waals surface area contributed by atoms with Crippen LogP contribution in [0.15, 0.2) is 27.7 Å². The van der Waals surface area contributed by atoms with Crippen LogP contribution in [0.5, 0.6) is 11.5 Å². The van der Waals surface area contributed by atoms with Crippen molar-refractivity contribution in [3.8, 4) is 11.5 Å². The number of ether oxygens (including phenoxy) is 2. The van der Waals surface area contributed by atoms with Crippen LogP contribution >= 0.6 is 0 Å². The van der Waals surface area contributed by atoms with Gasteiger partial charge in [0.15, 0.2) is 23.3 Å². The predicted octanol–water partition coefficient (Wildman–Crippen LogP) is 2.68. The maximum absolute atomic E-state index is 12.8. The standard InChI is InChI=1S/C18H25F2N5O3/c1-4-26-14-8-5-7-13(16(14)27-17(19)20)11-23-18(21-3)22-10-6-9-15-24-12(2)25-28-15/h5,7-8,17H,4,6,9-11H2,1-3H3,(H2,21,22,23). The SMILES string of the molecule is CCOc1cccc(CNC(=NC)NCCCc2nc(C)no2)c1OC(F)F. The number of alkyl halides is 2. The summed E-state index contributed by atoms with van der Waals surface area (Å²) >= 11 is 0. The van der Waals surface area contributed by atoms with Crippen LogP contribution in [0.3, 0.4) is 0 Å². The van der Waals surface area contributed by atoms with E-state index in [1.54, 1.807) is 39.1 Å². The molecule has 0 bridgehead atoms. The molecule has 0 aliphatic carbocycles. The molecule has 0 aliphatic rings. The van der Waals surface area contributed by atoms with E-state index in [4.69, 9.17) is 9.26 Å². The molecule has 1 heterocycles. The molecule has 1 aromatic heterocycles. The van der Waals surface area contributed by atoms with Crippen molar-refractivity contribution in [2.75, 3.05) is 20.2 Å². The molecular weight excluding hydrogens is 372 g/mol. The number of aryl methyl sites for hydroxylation is 2. The number of nitrogens with one attached hydrogen (secondary N) is 2. The van der Waals surface area contributed by atoms with E-state index in [9.17, 15) is 8.78 Å². The van der Waals surface area contributed by atoms with Crippen molar-refractivity contribution < 1.29 is 22.8 Å². The number of halogens is 2. The third-order valence-corrected chi connectivity index (χ3v) is 3.67. The zero-order chi connectivity index (χ0) is 20.4. The van der Waals surface area contributed by atoms with E-state index in [1.807, 2.05) is 0 Å².